The second-order valence-electron chi connectivity index (χ2n) is 6.88. The molecule has 0 aliphatic carbocycles. The number of hydrogen-bond acceptors (Lipinski definition) is 5. The minimum atomic E-state index is -0.902. The monoisotopic (exact) mass is 390 g/mol. The molecule has 0 aliphatic rings. The Morgan fingerprint density at radius 1 is 1.21 bits per heavy atom. The molecule has 0 radical (unpaired) electrons. The van der Waals surface area contributed by atoms with E-state index < -0.39 is 17.5 Å². The average molecular weight is 390 g/mol. The van der Waals surface area contributed by atoms with Gasteiger partial charge in [0.2, 0.25) is 0 Å². The van der Waals surface area contributed by atoms with Crippen molar-refractivity contribution in [1.29, 1.82) is 0 Å². The van der Waals surface area contributed by atoms with Gasteiger partial charge in [0, 0.05) is 23.6 Å². The van der Waals surface area contributed by atoms with Gasteiger partial charge < -0.3 is 19.9 Å². The molecule has 0 saturated carbocycles. The lowest BCUT2D eigenvalue weighted by atomic mass is 9.99. The van der Waals surface area contributed by atoms with Gasteiger partial charge in [-0.15, -0.1) is 0 Å². The summed E-state index contributed by atoms with van der Waals surface area (Å²) in [4.78, 5) is 23.1. The molecule has 0 spiro atoms. The molecular formula is C19H26N4O5. The number of urea groups is 1. The van der Waals surface area contributed by atoms with Crippen molar-refractivity contribution < 1.29 is 24.2 Å². The molecule has 0 aliphatic heterocycles. The van der Waals surface area contributed by atoms with E-state index in [4.69, 9.17) is 14.6 Å². The number of amides is 2. The van der Waals surface area contributed by atoms with Crippen LogP contribution in [-0.2, 0) is 11.3 Å². The smallest absolute Gasteiger partial charge is 0.320 e. The molecule has 1 heterocycles. The van der Waals surface area contributed by atoms with E-state index in [1.54, 1.807) is 51.1 Å². The Morgan fingerprint density at radius 3 is 2.61 bits per heavy atom. The first-order chi connectivity index (χ1) is 13.3. The SMILES string of the molecule is COc1cccc(Cn2nccc2NC(=O)NC(C)(C)CCC(=O)O)c1OC. The fourth-order valence-corrected chi connectivity index (χ4v) is 2.74. The topological polar surface area (TPSA) is 115 Å². The van der Waals surface area contributed by atoms with Gasteiger partial charge in [-0.25, -0.2) is 9.48 Å². The number of methoxy groups -OCH3 is 2. The van der Waals surface area contributed by atoms with Crippen LogP contribution >= 0.6 is 0 Å². The molecule has 3 N–H and O–H groups in total. The number of hydrogen-bond donors (Lipinski definition) is 3. The number of nitrogens with one attached hydrogen (secondary N) is 2. The highest BCUT2D eigenvalue weighted by Crippen LogP contribution is 2.31. The Hall–Kier alpha value is -3.23. The first-order valence-corrected chi connectivity index (χ1v) is 8.78. The largest absolute Gasteiger partial charge is 0.493 e. The first kappa shape index (κ1) is 21.1. The number of anilines is 1. The third-order valence-electron chi connectivity index (χ3n) is 4.18. The van der Waals surface area contributed by atoms with Crippen LogP contribution in [0.1, 0.15) is 32.3 Å². The molecule has 2 rings (SSSR count). The minimum absolute atomic E-state index is 0.0269. The molecule has 0 unspecified atom stereocenters. The predicted octanol–water partition coefficient (Wildman–Crippen LogP) is 2.71. The molecule has 2 amide bonds. The first-order valence-electron chi connectivity index (χ1n) is 8.78. The Bertz CT molecular complexity index is 831. The number of benzene rings is 1. The van der Waals surface area contributed by atoms with Crippen LogP contribution in [0.4, 0.5) is 10.6 Å². The number of carbonyl (C=O) groups is 2. The van der Waals surface area contributed by atoms with Gasteiger partial charge in [-0.1, -0.05) is 12.1 Å². The van der Waals surface area contributed by atoms with E-state index >= 15 is 0 Å². The van der Waals surface area contributed by atoms with Crippen LogP contribution in [0.3, 0.4) is 0 Å². The third kappa shape index (κ3) is 5.63. The molecule has 2 aromatic rings. The van der Waals surface area contributed by atoms with Gasteiger partial charge in [0.1, 0.15) is 5.82 Å². The van der Waals surface area contributed by atoms with Crippen LogP contribution in [0, 0.1) is 0 Å². The number of nitrogens with zero attached hydrogens (tertiary/aromatic N) is 2. The molecule has 0 saturated heterocycles. The highest BCUT2D eigenvalue weighted by atomic mass is 16.5. The van der Waals surface area contributed by atoms with E-state index in [0.717, 1.165) is 5.56 Å². The highest BCUT2D eigenvalue weighted by Gasteiger charge is 2.22. The molecule has 0 fully saturated rings. The zero-order valence-electron chi connectivity index (χ0n) is 16.5. The van der Waals surface area contributed by atoms with Crippen molar-refractivity contribution in [2.75, 3.05) is 19.5 Å². The molecule has 0 bridgehead atoms. The van der Waals surface area contributed by atoms with E-state index in [1.165, 1.54) is 0 Å². The zero-order valence-corrected chi connectivity index (χ0v) is 16.5. The van der Waals surface area contributed by atoms with Crippen LogP contribution < -0.4 is 20.1 Å². The van der Waals surface area contributed by atoms with Crippen molar-refractivity contribution in [2.24, 2.45) is 0 Å². The van der Waals surface area contributed by atoms with Crippen molar-refractivity contribution in [2.45, 2.75) is 38.8 Å². The molecule has 28 heavy (non-hydrogen) atoms. The van der Waals surface area contributed by atoms with Crippen LogP contribution in [0.15, 0.2) is 30.5 Å². The van der Waals surface area contributed by atoms with Crippen LogP contribution in [-0.4, -0.2) is 46.6 Å². The van der Waals surface area contributed by atoms with Gasteiger partial charge in [-0.2, -0.15) is 5.10 Å². The van der Waals surface area contributed by atoms with Crippen molar-refractivity contribution in [3.05, 3.63) is 36.0 Å². The number of para-hydroxylation sites is 1. The number of aromatic nitrogens is 2. The number of carboxylic acid groups (broad SMARTS) is 1. The molecule has 9 heteroatoms. The van der Waals surface area contributed by atoms with Crippen molar-refractivity contribution >= 4 is 17.8 Å². The Balaban J connectivity index is 2.08. The minimum Gasteiger partial charge on any atom is -0.493 e. The molecule has 152 valence electrons. The fraction of sp³-hybridized carbons (Fsp3) is 0.421. The van der Waals surface area contributed by atoms with Crippen molar-refractivity contribution in [3.63, 3.8) is 0 Å². The quantitative estimate of drug-likeness (QED) is 0.606. The number of carbonyl (C=O) groups excluding carboxylic acids is 1. The number of ether oxygens (including phenoxy) is 2. The van der Waals surface area contributed by atoms with Gasteiger partial charge in [-0.3, -0.25) is 10.1 Å². The number of carboxylic acids is 1. The van der Waals surface area contributed by atoms with Crippen LogP contribution in [0.5, 0.6) is 11.5 Å². The predicted molar refractivity (Wildman–Crippen MR) is 104 cm³/mol. The second-order valence-corrected chi connectivity index (χ2v) is 6.88. The van der Waals surface area contributed by atoms with Gasteiger partial charge in [0.05, 0.1) is 27.0 Å². The molecule has 0 atom stereocenters. The van der Waals surface area contributed by atoms with E-state index in [2.05, 4.69) is 15.7 Å². The lowest BCUT2D eigenvalue weighted by Crippen LogP contribution is -2.46. The zero-order chi connectivity index (χ0) is 20.7. The second kappa shape index (κ2) is 9.12. The summed E-state index contributed by atoms with van der Waals surface area (Å²) < 4.78 is 12.4. The number of aliphatic carboxylic acids is 1. The summed E-state index contributed by atoms with van der Waals surface area (Å²) in [5, 5.41) is 18.6. The van der Waals surface area contributed by atoms with Gasteiger partial charge >= 0.3 is 12.0 Å². The van der Waals surface area contributed by atoms with E-state index in [0.29, 0.717) is 30.3 Å². The Morgan fingerprint density at radius 2 is 1.96 bits per heavy atom. The standard InChI is InChI=1S/C19H26N4O5/c1-19(2,10-8-16(24)25)22-18(26)21-15-9-11-20-23(15)12-13-6-5-7-14(27-3)17(13)28-4/h5-7,9,11H,8,10,12H2,1-4H3,(H,24,25)(H2,21,22,26). The van der Waals surface area contributed by atoms with E-state index in [1.807, 2.05) is 12.1 Å². The van der Waals surface area contributed by atoms with E-state index in [-0.39, 0.29) is 6.42 Å². The number of rotatable bonds is 9. The van der Waals surface area contributed by atoms with Gasteiger partial charge in [0.15, 0.2) is 11.5 Å². The normalized spacial score (nSPS) is 11.0. The Labute approximate surface area is 163 Å². The maximum Gasteiger partial charge on any atom is 0.320 e. The lowest BCUT2D eigenvalue weighted by Gasteiger charge is -2.25. The van der Waals surface area contributed by atoms with Gasteiger partial charge in [-0.05, 0) is 26.3 Å². The van der Waals surface area contributed by atoms with Crippen LogP contribution in [0.2, 0.25) is 0 Å². The lowest BCUT2D eigenvalue weighted by molar-refractivity contribution is -0.137. The van der Waals surface area contributed by atoms with Crippen LogP contribution in [0.25, 0.3) is 0 Å². The third-order valence-corrected chi connectivity index (χ3v) is 4.18. The summed E-state index contributed by atoms with van der Waals surface area (Å²) in [6, 6.07) is 6.79. The summed E-state index contributed by atoms with van der Waals surface area (Å²) in [6.45, 7) is 3.91. The van der Waals surface area contributed by atoms with Gasteiger partial charge in [0.25, 0.3) is 0 Å². The molecule has 1 aromatic heterocycles. The molecule has 1 aromatic carbocycles. The van der Waals surface area contributed by atoms with Crippen molar-refractivity contribution in [1.82, 2.24) is 15.1 Å². The highest BCUT2D eigenvalue weighted by molar-refractivity contribution is 5.88. The summed E-state index contributed by atoms with van der Waals surface area (Å²) in [7, 11) is 3.13. The van der Waals surface area contributed by atoms with E-state index in [9.17, 15) is 9.59 Å². The van der Waals surface area contributed by atoms with Crippen molar-refractivity contribution in [3.8, 4) is 11.5 Å². The fourth-order valence-electron chi connectivity index (χ4n) is 2.74. The summed E-state index contributed by atoms with van der Waals surface area (Å²) in [5.74, 6) is 0.808. The average Bonchev–Trinajstić information content (AvgIpc) is 3.05. The molecule has 9 nitrogen and oxygen atoms in total. The molecular weight excluding hydrogens is 364 g/mol. The summed E-state index contributed by atoms with van der Waals surface area (Å²) in [6.07, 6.45) is 1.87. The maximum atomic E-state index is 12.3. The maximum absolute atomic E-state index is 12.3. The summed E-state index contributed by atoms with van der Waals surface area (Å²) in [5.41, 5.74) is 0.180. The summed E-state index contributed by atoms with van der Waals surface area (Å²) >= 11 is 0. The Kier molecular flexibility index (Phi) is 6.86.